The monoisotopic (exact) mass is 582 g/mol. The summed E-state index contributed by atoms with van der Waals surface area (Å²) >= 11 is 0. The zero-order chi connectivity index (χ0) is 30.7. The largest absolute Gasteiger partial charge is 0.494 e. The molecule has 0 saturated carbocycles. The van der Waals surface area contributed by atoms with Crippen molar-refractivity contribution in [3.63, 3.8) is 0 Å². The number of fused-ring (bicyclic) bond motifs is 2. The van der Waals surface area contributed by atoms with Gasteiger partial charge in [0.1, 0.15) is 35.7 Å². The zero-order valence-electron chi connectivity index (χ0n) is 24.9. The van der Waals surface area contributed by atoms with E-state index in [9.17, 15) is 9.90 Å². The van der Waals surface area contributed by atoms with E-state index < -0.39 is 5.60 Å². The molecule has 3 N–H and O–H groups in total. The van der Waals surface area contributed by atoms with Crippen LogP contribution in [0.4, 0.5) is 17.2 Å². The van der Waals surface area contributed by atoms with Crippen LogP contribution in [0.15, 0.2) is 67.4 Å². The van der Waals surface area contributed by atoms with Crippen LogP contribution >= 0.6 is 0 Å². The van der Waals surface area contributed by atoms with Gasteiger partial charge in [0.25, 0.3) is 0 Å². The summed E-state index contributed by atoms with van der Waals surface area (Å²) < 4.78 is 13.4. The van der Waals surface area contributed by atoms with Gasteiger partial charge in [0, 0.05) is 47.6 Å². The number of aromatic nitrogens is 5. The van der Waals surface area contributed by atoms with E-state index in [1.807, 2.05) is 38.1 Å². The number of benzene rings is 2. The normalized spacial score (nSPS) is 11.9. The second kappa shape index (κ2) is 12.0. The minimum absolute atomic E-state index is 0.287. The van der Waals surface area contributed by atoms with Gasteiger partial charge in [0.15, 0.2) is 5.65 Å². The number of carbonyl (C=O) groups excluding carboxylic acids is 1. The summed E-state index contributed by atoms with van der Waals surface area (Å²) in [6.45, 7) is 5.96. The Balaban J connectivity index is 1.50. The summed E-state index contributed by atoms with van der Waals surface area (Å²) in [5.74, 6) is 1.83. The van der Waals surface area contributed by atoms with Crippen molar-refractivity contribution >= 4 is 39.6 Å². The molecule has 0 fully saturated rings. The second-order valence-corrected chi connectivity index (χ2v) is 10.8. The molecule has 222 valence electrons. The Morgan fingerprint density at radius 1 is 1.07 bits per heavy atom. The Bertz CT molecular complexity index is 1820. The molecule has 5 aromatic rings. The SMILES string of the molecule is COc1cc2ncnc(Nc3cc(C)c(Oc4ccn5ncnc5c4)cc3C(C)(C)O)c2cc1NC(=O)/C=C/CN(C)C. The van der Waals surface area contributed by atoms with Crippen LogP contribution in [0.2, 0.25) is 0 Å². The molecule has 1 amide bonds. The summed E-state index contributed by atoms with van der Waals surface area (Å²) in [7, 11) is 5.38. The third kappa shape index (κ3) is 6.71. The van der Waals surface area contributed by atoms with Gasteiger partial charge in [0.2, 0.25) is 5.91 Å². The Morgan fingerprint density at radius 3 is 2.63 bits per heavy atom. The standard InChI is InChI=1S/C31H34N8O4/c1-19-12-24(22(31(2,3)41)15-26(19)43-20-9-11-39-28(13-20)33-18-35-39)37-30-21-14-25(36-29(40)8-7-10-38(4)5)27(42-6)16-23(21)32-17-34-30/h7-9,11-18,41H,10H2,1-6H3,(H,36,40)(H,32,34,37)/b8-7+. The average molecular weight is 583 g/mol. The lowest BCUT2D eigenvalue weighted by Crippen LogP contribution is -2.18. The molecule has 5 rings (SSSR count). The predicted molar refractivity (Wildman–Crippen MR) is 165 cm³/mol. The molecule has 0 radical (unpaired) electrons. The molecule has 3 heterocycles. The number of hydrogen-bond donors (Lipinski definition) is 3. The molecule has 0 saturated heterocycles. The fourth-order valence-electron chi connectivity index (χ4n) is 4.52. The van der Waals surface area contributed by atoms with Gasteiger partial charge in [-0.1, -0.05) is 6.08 Å². The second-order valence-electron chi connectivity index (χ2n) is 10.8. The number of nitrogens with zero attached hydrogens (tertiary/aromatic N) is 6. The van der Waals surface area contributed by atoms with E-state index in [0.29, 0.717) is 63.1 Å². The molecule has 12 heteroatoms. The van der Waals surface area contributed by atoms with Gasteiger partial charge < -0.3 is 30.1 Å². The minimum atomic E-state index is -1.23. The number of aliphatic hydroxyl groups is 1. The summed E-state index contributed by atoms with van der Waals surface area (Å²) in [5, 5.41) is 22.2. The van der Waals surface area contributed by atoms with Crippen molar-refractivity contribution in [3.05, 3.63) is 78.5 Å². The first-order valence-corrected chi connectivity index (χ1v) is 13.6. The maximum absolute atomic E-state index is 12.6. The molecule has 0 bridgehead atoms. The number of ether oxygens (including phenoxy) is 2. The van der Waals surface area contributed by atoms with Crippen LogP contribution in [0.5, 0.6) is 17.2 Å². The number of pyridine rings is 1. The van der Waals surface area contributed by atoms with E-state index in [0.717, 1.165) is 5.56 Å². The molecule has 3 aromatic heterocycles. The van der Waals surface area contributed by atoms with E-state index in [4.69, 9.17) is 9.47 Å². The molecule has 0 spiro atoms. The van der Waals surface area contributed by atoms with Crippen molar-refractivity contribution in [1.29, 1.82) is 0 Å². The van der Waals surface area contributed by atoms with Gasteiger partial charge in [0.05, 0.1) is 23.9 Å². The third-order valence-electron chi connectivity index (χ3n) is 6.66. The molecule has 12 nitrogen and oxygen atoms in total. The van der Waals surface area contributed by atoms with Crippen molar-refractivity contribution in [1.82, 2.24) is 29.5 Å². The van der Waals surface area contributed by atoms with E-state index in [1.165, 1.54) is 25.8 Å². The molecule has 0 aliphatic heterocycles. The topological polar surface area (TPSA) is 139 Å². The molecular formula is C31H34N8O4. The van der Waals surface area contributed by atoms with Crippen LogP contribution in [0.3, 0.4) is 0 Å². The number of methoxy groups -OCH3 is 1. The lowest BCUT2D eigenvalue weighted by atomic mass is 9.94. The Labute approximate surface area is 249 Å². The number of anilines is 3. The van der Waals surface area contributed by atoms with Gasteiger partial charge in [-0.2, -0.15) is 5.10 Å². The number of likely N-dealkylation sites (N-methyl/N-ethyl adjacent to an activating group) is 1. The van der Waals surface area contributed by atoms with Crippen LogP contribution in [-0.2, 0) is 10.4 Å². The highest BCUT2D eigenvalue weighted by Crippen LogP contribution is 2.39. The van der Waals surface area contributed by atoms with Gasteiger partial charge in [-0.3, -0.25) is 4.79 Å². The first kappa shape index (κ1) is 29.4. The van der Waals surface area contributed by atoms with Crippen molar-refractivity contribution in [2.24, 2.45) is 0 Å². The molecule has 0 atom stereocenters. The summed E-state index contributed by atoms with van der Waals surface area (Å²) in [6, 6.07) is 10.8. The highest BCUT2D eigenvalue weighted by molar-refractivity contribution is 6.03. The first-order valence-electron chi connectivity index (χ1n) is 13.6. The van der Waals surface area contributed by atoms with Crippen LogP contribution < -0.4 is 20.1 Å². The zero-order valence-corrected chi connectivity index (χ0v) is 24.9. The van der Waals surface area contributed by atoms with E-state index >= 15 is 0 Å². The molecule has 0 unspecified atom stereocenters. The maximum atomic E-state index is 12.6. The van der Waals surface area contributed by atoms with Crippen LogP contribution in [0, 0.1) is 6.92 Å². The Kier molecular flexibility index (Phi) is 8.24. The number of aryl methyl sites for hydroxylation is 1. The van der Waals surface area contributed by atoms with Crippen LogP contribution in [0.1, 0.15) is 25.0 Å². The predicted octanol–water partition coefficient (Wildman–Crippen LogP) is 4.81. The number of carbonyl (C=O) groups is 1. The van der Waals surface area contributed by atoms with Crippen molar-refractivity contribution < 1.29 is 19.4 Å². The van der Waals surface area contributed by atoms with Gasteiger partial charge in [-0.15, -0.1) is 0 Å². The highest BCUT2D eigenvalue weighted by atomic mass is 16.5. The fourth-order valence-corrected chi connectivity index (χ4v) is 4.52. The van der Waals surface area contributed by atoms with Gasteiger partial charge >= 0.3 is 0 Å². The molecule has 2 aromatic carbocycles. The van der Waals surface area contributed by atoms with Crippen molar-refractivity contribution in [3.8, 4) is 17.2 Å². The third-order valence-corrected chi connectivity index (χ3v) is 6.66. The number of rotatable bonds is 10. The van der Waals surface area contributed by atoms with Crippen LogP contribution in [-0.4, -0.2) is 68.2 Å². The molecule has 0 aliphatic rings. The van der Waals surface area contributed by atoms with E-state index in [-0.39, 0.29) is 5.91 Å². The number of amides is 1. The number of nitrogens with one attached hydrogen (secondary N) is 2. The van der Waals surface area contributed by atoms with E-state index in [2.05, 4.69) is 30.7 Å². The average Bonchev–Trinajstić information content (AvgIpc) is 3.41. The highest BCUT2D eigenvalue weighted by Gasteiger charge is 2.24. The quantitative estimate of drug-likeness (QED) is 0.197. The van der Waals surface area contributed by atoms with Crippen molar-refractivity contribution in [2.45, 2.75) is 26.4 Å². The summed E-state index contributed by atoms with van der Waals surface area (Å²) in [4.78, 5) is 27.7. The van der Waals surface area contributed by atoms with Gasteiger partial charge in [-0.25, -0.2) is 19.5 Å². The van der Waals surface area contributed by atoms with Crippen LogP contribution in [0.25, 0.3) is 16.6 Å². The van der Waals surface area contributed by atoms with Crippen molar-refractivity contribution in [2.75, 3.05) is 38.4 Å². The molecule has 43 heavy (non-hydrogen) atoms. The van der Waals surface area contributed by atoms with E-state index in [1.54, 1.807) is 54.9 Å². The number of hydrogen-bond acceptors (Lipinski definition) is 10. The minimum Gasteiger partial charge on any atom is -0.494 e. The fraction of sp³-hybridized carbons (Fsp3) is 0.258. The molecule has 0 aliphatic carbocycles. The Hall–Kier alpha value is -5.07. The lowest BCUT2D eigenvalue weighted by molar-refractivity contribution is -0.111. The smallest absolute Gasteiger partial charge is 0.248 e. The lowest BCUT2D eigenvalue weighted by Gasteiger charge is -2.24. The summed E-state index contributed by atoms with van der Waals surface area (Å²) in [6.07, 6.45) is 7.95. The summed E-state index contributed by atoms with van der Waals surface area (Å²) in [5.41, 5.74) is 2.57. The maximum Gasteiger partial charge on any atom is 0.248 e. The molecular weight excluding hydrogens is 548 g/mol. The van der Waals surface area contributed by atoms with Gasteiger partial charge in [-0.05, 0) is 64.7 Å². The first-order chi connectivity index (χ1) is 20.5. The Morgan fingerprint density at radius 2 is 1.88 bits per heavy atom.